The second-order valence-electron chi connectivity index (χ2n) is 5.54. The van der Waals surface area contributed by atoms with Crippen LogP contribution in [0.5, 0.6) is 0 Å². The van der Waals surface area contributed by atoms with Crippen molar-refractivity contribution in [3.8, 4) is 0 Å². The summed E-state index contributed by atoms with van der Waals surface area (Å²) in [5.41, 5.74) is -0.450. The van der Waals surface area contributed by atoms with E-state index in [-0.39, 0.29) is 17.8 Å². The van der Waals surface area contributed by atoms with E-state index in [4.69, 9.17) is 4.74 Å². The number of hydrogen-bond donors (Lipinski definition) is 0. The molecule has 1 rings (SSSR count). The molecule has 16 heavy (non-hydrogen) atoms. The largest absolute Gasteiger partial charge is 0.444 e. The SMILES string of the molecule is CC(=O)C(C)C1CN(C(=O)OC(C)(C)C)C1. The summed E-state index contributed by atoms with van der Waals surface area (Å²) in [4.78, 5) is 24.4. The Hall–Kier alpha value is -1.06. The molecule has 1 unspecified atom stereocenters. The molecule has 4 heteroatoms. The van der Waals surface area contributed by atoms with E-state index in [1.807, 2.05) is 27.7 Å². The van der Waals surface area contributed by atoms with Gasteiger partial charge in [0.25, 0.3) is 0 Å². The highest BCUT2D eigenvalue weighted by molar-refractivity contribution is 5.79. The molecule has 1 saturated heterocycles. The van der Waals surface area contributed by atoms with E-state index in [0.717, 1.165) is 0 Å². The summed E-state index contributed by atoms with van der Waals surface area (Å²) in [6, 6.07) is 0. The van der Waals surface area contributed by atoms with Crippen molar-refractivity contribution >= 4 is 11.9 Å². The summed E-state index contributed by atoms with van der Waals surface area (Å²) in [5, 5.41) is 0. The van der Waals surface area contributed by atoms with Gasteiger partial charge in [-0.3, -0.25) is 4.79 Å². The Morgan fingerprint density at radius 2 is 1.81 bits per heavy atom. The predicted octanol–water partition coefficient (Wildman–Crippen LogP) is 2.08. The summed E-state index contributed by atoms with van der Waals surface area (Å²) in [5.74, 6) is 0.526. The first-order chi connectivity index (χ1) is 7.20. The zero-order chi connectivity index (χ0) is 12.5. The lowest BCUT2D eigenvalue weighted by Crippen LogP contribution is -2.54. The molecule has 1 atom stereocenters. The average molecular weight is 227 g/mol. The number of hydrogen-bond acceptors (Lipinski definition) is 3. The number of Topliss-reactive ketones (excluding diaryl/α,β-unsaturated/α-hetero) is 1. The lowest BCUT2D eigenvalue weighted by atomic mass is 9.85. The number of amides is 1. The van der Waals surface area contributed by atoms with Crippen LogP contribution in [0.3, 0.4) is 0 Å². The molecular formula is C12H21NO3. The number of likely N-dealkylation sites (tertiary alicyclic amines) is 1. The Morgan fingerprint density at radius 1 is 1.31 bits per heavy atom. The van der Waals surface area contributed by atoms with Crippen molar-refractivity contribution in [3.05, 3.63) is 0 Å². The van der Waals surface area contributed by atoms with Crippen LogP contribution in [0.4, 0.5) is 4.79 Å². The first-order valence-electron chi connectivity index (χ1n) is 5.69. The van der Waals surface area contributed by atoms with Gasteiger partial charge in [0, 0.05) is 24.9 Å². The Bertz CT molecular complexity index is 287. The quantitative estimate of drug-likeness (QED) is 0.725. The van der Waals surface area contributed by atoms with Crippen molar-refractivity contribution in [3.63, 3.8) is 0 Å². The molecule has 0 aliphatic carbocycles. The fourth-order valence-corrected chi connectivity index (χ4v) is 1.64. The Kier molecular flexibility index (Phi) is 3.61. The minimum Gasteiger partial charge on any atom is -0.444 e. The number of carbonyl (C=O) groups is 2. The van der Waals surface area contributed by atoms with Crippen LogP contribution in [0, 0.1) is 11.8 Å². The molecule has 0 aromatic rings. The zero-order valence-electron chi connectivity index (χ0n) is 10.7. The highest BCUT2D eigenvalue weighted by Gasteiger charge is 2.37. The topological polar surface area (TPSA) is 46.6 Å². The maximum Gasteiger partial charge on any atom is 0.410 e. The Balaban J connectivity index is 2.36. The van der Waals surface area contributed by atoms with E-state index in [0.29, 0.717) is 19.0 Å². The van der Waals surface area contributed by atoms with Crippen LogP contribution in [0.1, 0.15) is 34.6 Å². The van der Waals surface area contributed by atoms with Gasteiger partial charge < -0.3 is 9.64 Å². The van der Waals surface area contributed by atoms with Crippen LogP contribution >= 0.6 is 0 Å². The van der Waals surface area contributed by atoms with Crippen molar-refractivity contribution in [1.29, 1.82) is 0 Å². The van der Waals surface area contributed by atoms with Crippen molar-refractivity contribution in [2.24, 2.45) is 11.8 Å². The van der Waals surface area contributed by atoms with Crippen LogP contribution in [0.25, 0.3) is 0 Å². The lowest BCUT2D eigenvalue weighted by molar-refractivity contribution is -0.124. The molecule has 1 amide bonds. The number of rotatable bonds is 2. The summed E-state index contributed by atoms with van der Waals surface area (Å²) >= 11 is 0. The molecule has 0 bridgehead atoms. The van der Waals surface area contributed by atoms with Gasteiger partial charge in [-0.1, -0.05) is 6.92 Å². The van der Waals surface area contributed by atoms with Crippen LogP contribution in [-0.4, -0.2) is 35.5 Å². The Morgan fingerprint density at radius 3 is 2.19 bits per heavy atom. The maximum atomic E-state index is 11.6. The molecule has 0 aromatic carbocycles. The third kappa shape index (κ3) is 3.22. The first-order valence-corrected chi connectivity index (χ1v) is 5.69. The molecule has 1 aliphatic heterocycles. The third-order valence-electron chi connectivity index (χ3n) is 2.91. The van der Waals surface area contributed by atoms with Crippen LogP contribution in [0.2, 0.25) is 0 Å². The molecule has 0 saturated carbocycles. The fraction of sp³-hybridized carbons (Fsp3) is 0.833. The first kappa shape index (κ1) is 13.0. The van der Waals surface area contributed by atoms with Crippen molar-refractivity contribution in [1.82, 2.24) is 4.90 Å². The number of ether oxygens (including phenoxy) is 1. The number of ketones is 1. The second kappa shape index (κ2) is 4.44. The molecule has 0 N–H and O–H groups in total. The molecule has 0 radical (unpaired) electrons. The van der Waals surface area contributed by atoms with Gasteiger partial charge in [-0.15, -0.1) is 0 Å². The second-order valence-corrected chi connectivity index (χ2v) is 5.54. The lowest BCUT2D eigenvalue weighted by Gasteiger charge is -2.41. The van der Waals surface area contributed by atoms with E-state index in [9.17, 15) is 9.59 Å². The molecular weight excluding hydrogens is 206 g/mol. The van der Waals surface area contributed by atoms with Gasteiger partial charge in [0.15, 0.2) is 0 Å². The van der Waals surface area contributed by atoms with Crippen LogP contribution in [0.15, 0.2) is 0 Å². The Labute approximate surface area is 96.9 Å². The van der Waals surface area contributed by atoms with Crippen LogP contribution < -0.4 is 0 Å². The normalized spacial score (nSPS) is 18.9. The zero-order valence-corrected chi connectivity index (χ0v) is 10.7. The molecule has 1 fully saturated rings. The molecule has 0 aromatic heterocycles. The van der Waals surface area contributed by atoms with E-state index in [2.05, 4.69) is 0 Å². The van der Waals surface area contributed by atoms with Crippen molar-refractivity contribution in [2.75, 3.05) is 13.1 Å². The summed E-state index contributed by atoms with van der Waals surface area (Å²) in [7, 11) is 0. The van der Waals surface area contributed by atoms with E-state index >= 15 is 0 Å². The van der Waals surface area contributed by atoms with Gasteiger partial charge in [-0.25, -0.2) is 4.79 Å². The summed E-state index contributed by atoms with van der Waals surface area (Å²) in [6.45, 7) is 10.3. The van der Waals surface area contributed by atoms with E-state index in [1.54, 1.807) is 11.8 Å². The third-order valence-corrected chi connectivity index (χ3v) is 2.91. The number of nitrogens with zero attached hydrogens (tertiary/aromatic N) is 1. The van der Waals surface area contributed by atoms with Gasteiger partial charge in [0.2, 0.25) is 0 Å². The van der Waals surface area contributed by atoms with Crippen LogP contribution in [-0.2, 0) is 9.53 Å². The molecule has 92 valence electrons. The standard InChI is InChI=1S/C12H21NO3/c1-8(9(2)14)10-6-13(7-10)11(15)16-12(3,4)5/h8,10H,6-7H2,1-5H3. The summed E-state index contributed by atoms with van der Waals surface area (Å²) < 4.78 is 5.23. The maximum absolute atomic E-state index is 11.6. The van der Waals surface area contributed by atoms with Gasteiger partial charge in [0.05, 0.1) is 0 Å². The summed E-state index contributed by atoms with van der Waals surface area (Å²) in [6.07, 6.45) is -0.278. The minimum atomic E-state index is -0.450. The fourth-order valence-electron chi connectivity index (χ4n) is 1.64. The van der Waals surface area contributed by atoms with E-state index in [1.165, 1.54) is 0 Å². The predicted molar refractivity (Wildman–Crippen MR) is 61.1 cm³/mol. The highest BCUT2D eigenvalue weighted by Crippen LogP contribution is 2.26. The van der Waals surface area contributed by atoms with Gasteiger partial charge in [-0.05, 0) is 27.7 Å². The van der Waals surface area contributed by atoms with Gasteiger partial charge >= 0.3 is 6.09 Å². The monoisotopic (exact) mass is 227 g/mol. The van der Waals surface area contributed by atoms with Crippen molar-refractivity contribution in [2.45, 2.75) is 40.2 Å². The molecule has 4 nitrogen and oxygen atoms in total. The molecule has 1 aliphatic rings. The van der Waals surface area contributed by atoms with Gasteiger partial charge in [-0.2, -0.15) is 0 Å². The highest BCUT2D eigenvalue weighted by atomic mass is 16.6. The smallest absolute Gasteiger partial charge is 0.410 e. The number of carbonyl (C=O) groups excluding carboxylic acids is 2. The average Bonchev–Trinajstić information content (AvgIpc) is 1.96. The molecule has 1 heterocycles. The minimum absolute atomic E-state index is 0.0405. The van der Waals surface area contributed by atoms with Crippen molar-refractivity contribution < 1.29 is 14.3 Å². The van der Waals surface area contributed by atoms with Gasteiger partial charge in [0.1, 0.15) is 11.4 Å². The van der Waals surface area contributed by atoms with E-state index < -0.39 is 5.60 Å². The molecule has 0 spiro atoms.